The molecule has 1 unspecified atom stereocenters. The smallest absolute Gasteiger partial charge is 0.238 e. The van der Waals surface area contributed by atoms with Crippen LogP contribution in [0.4, 0.5) is 5.69 Å². The summed E-state index contributed by atoms with van der Waals surface area (Å²) in [4.78, 5) is 26.5. The van der Waals surface area contributed by atoms with Crippen LogP contribution in [0.2, 0.25) is 0 Å². The number of carbonyl (C=O) groups is 2. The molecule has 5 heteroatoms. The molecule has 0 radical (unpaired) electrons. The van der Waals surface area contributed by atoms with Crippen LogP contribution < -0.4 is 10.6 Å². The van der Waals surface area contributed by atoms with Gasteiger partial charge in [0.05, 0.1) is 6.54 Å². The van der Waals surface area contributed by atoms with Crippen molar-refractivity contribution in [2.75, 3.05) is 25.0 Å². The SMILES string of the molecule is Cc1cccc(NC(=O)CN2CCCC(NC(=O)C(C)(C)C)C2)c1. The van der Waals surface area contributed by atoms with Crippen molar-refractivity contribution in [1.82, 2.24) is 10.2 Å². The molecule has 1 aromatic carbocycles. The first kappa shape index (κ1) is 18.5. The number of carbonyl (C=O) groups excluding carboxylic acids is 2. The molecule has 2 N–H and O–H groups in total. The summed E-state index contributed by atoms with van der Waals surface area (Å²) in [5.41, 5.74) is 1.57. The highest BCUT2D eigenvalue weighted by atomic mass is 16.2. The Morgan fingerprint density at radius 2 is 2.04 bits per heavy atom. The molecule has 1 aromatic rings. The number of piperidine rings is 1. The highest BCUT2D eigenvalue weighted by molar-refractivity contribution is 5.92. The Bertz CT molecular complexity index is 593. The lowest BCUT2D eigenvalue weighted by Gasteiger charge is -2.34. The molecule has 0 spiro atoms. The molecule has 1 fully saturated rings. The molecule has 0 bridgehead atoms. The molecule has 132 valence electrons. The first-order valence-electron chi connectivity index (χ1n) is 8.64. The fraction of sp³-hybridized carbons (Fsp3) is 0.579. The van der Waals surface area contributed by atoms with Crippen molar-refractivity contribution < 1.29 is 9.59 Å². The molecular weight excluding hydrogens is 302 g/mol. The van der Waals surface area contributed by atoms with Gasteiger partial charge in [-0.25, -0.2) is 0 Å². The van der Waals surface area contributed by atoms with E-state index >= 15 is 0 Å². The zero-order valence-corrected chi connectivity index (χ0v) is 15.2. The number of likely N-dealkylation sites (tertiary alicyclic amines) is 1. The third kappa shape index (κ3) is 5.64. The monoisotopic (exact) mass is 331 g/mol. The van der Waals surface area contributed by atoms with E-state index in [-0.39, 0.29) is 23.3 Å². The quantitative estimate of drug-likeness (QED) is 0.891. The molecule has 2 amide bonds. The van der Waals surface area contributed by atoms with Crippen LogP contribution in [-0.4, -0.2) is 42.4 Å². The molecule has 1 heterocycles. The summed E-state index contributed by atoms with van der Waals surface area (Å²) in [5, 5.41) is 6.05. The van der Waals surface area contributed by atoms with Gasteiger partial charge in [-0.05, 0) is 44.0 Å². The number of aryl methyl sites for hydroxylation is 1. The number of nitrogens with one attached hydrogen (secondary N) is 2. The Labute approximate surface area is 144 Å². The molecule has 24 heavy (non-hydrogen) atoms. The van der Waals surface area contributed by atoms with Crippen LogP contribution in [0, 0.1) is 12.3 Å². The van der Waals surface area contributed by atoms with Crippen molar-refractivity contribution >= 4 is 17.5 Å². The van der Waals surface area contributed by atoms with Crippen LogP contribution in [0.1, 0.15) is 39.2 Å². The lowest BCUT2D eigenvalue weighted by atomic mass is 9.94. The predicted octanol–water partition coefficient (Wildman–Crippen LogP) is 2.56. The van der Waals surface area contributed by atoms with E-state index in [0.717, 1.165) is 37.2 Å². The molecule has 0 saturated carbocycles. The third-order valence-electron chi connectivity index (χ3n) is 4.19. The lowest BCUT2D eigenvalue weighted by Crippen LogP contribution is -2.51. The van der Waals surface area contributed by atoms with Crippen molar-refractivity contribution in [3.63, 3.8) is 0 Å². The number of anilines is 1. The molecule has 0 aromatic heterocycles. The second-order valence-corrected chi connectivity index (χ2v) is 7.72. The van der Waals surface area contributed by atoms with Crippen LogP contribution in [-0.2, 0) is 9.59 Å². The summed E-state index contributed by atoms with van der Waals surface area (Å²) in [6, 6.07) is 7.91. The van der Waals surface area contributed by atoms with Crippen molar-refractivity contribution in [2.45, 2.75) is 46.6 Å². The minimum absolute atomic E-state index is 0.0107. The topological polar surface area (TPSA) is 61.4 Å². The largest absolute Gasteiger partial charge is 0.352 e. The molecule has 1 atom stereocenters. The van der Waals surface area contributed by atoms with E-state index in [2.05, 4.69) is 15.5 Å². The van der Waals surface area contributed by atoms with E-state index in [1.165, 1.54) is 0 Å². The Balaban J connectivity index is 1.84. The summed E-state index contributed by atoms with van der Waals surface area (Å²) in [6.07, 6.45) is 1.96. The zero-order chi connectivity index (χ0) is 17.7. The van der Waals surface area contributed by atoms with Gasteiger partial charge in [-0.3, -0.25) is 14.5 Å². The van der Waals surface area contributed by atoms with Crippen molar-refractivity contribution in [2.24, 2.45) is 5.41 Å². The summed E-state index contributed by atoms with van der Waals surface area (Å²) in [5.74, 6) is 0.0574. The summed E-state index contributed by atoms with van der Waals surface area (Å²) < 4.78 is 0. The summed E-state index contributed by atoms with van der Waals surface area (Å²) >= 11 is 0. The van der Waals surface area contributed by atoms with Gasteiger partial charge in [-0.2, -0.15) is 0 Å². The number of hydrogen-bond acceptors (Lipinski definition) is 3. The zero-order valence-electron chi connectivity index (χ0n) is 15.2. The van der Waals surface area contributed by atoms with Gasteiger partial charge >= 0.3 is 0 Å². The van der Waals surface area contributed by atoms with Gasteiger partial charge in [-0.15, -0.1) is 0 Å². The van der Waals surface area contributed by atoms with E-state index in [1.807, 2.05) is 52.0 Å². The number of hydrogen-bond donors (Lipinski definition) is 2. The third-order valence-corrected chi connectivity index (χ3v) is 4.19. The van der Waals surface area contributed by atoms with E-state index in [0.29, 0.717) is 6.54 Å². The average molecular weight is 331 g/mol. The molecule has 2 rings (SSSR count). The number of rotatable bonds is 4. The van der Waals surface area contributed by atoms with Crippen molar-refractivity contribution in [1.29, 1.82) is 0 Å². The fourth-order valence-corrected chi connectivity index (χ4v) is 2.85. The van der Waals surface area contributed by atoms with Gasteiger partial charge in [0, 0.05) is 23.7 Å². The highest BCUT2D eigenvalue weighted by Gasteiger charge is 2.27. The normalized spacial score (nSPS) is 18.9. The van der Waals surface area contributed by atoms with E-state index in [9.17, 15) is 9.59 Å². The van der Waals surface area contributed by atoms with Gasteiger partial charge in [-0.1, -0.05) is 32.9 Å². The Kier molecular flexibility index (Phi) is 5.99. The highest BCUT2D eigenvalue weighted by Crippen LogP contribution is 2.16. The van der Waals surface area contributed by atoms with Gasteiger partial charge in [0.2, 0.25) is 11.8 Å². The summed E-state index contributed by atoms with van der Waals surface area (Å²) in [7, 11) is 0. The van der Waals surface area contributed by atoms with Gasteiger partial charge in [0.1, 0.15) is 0 Å². The van der Waals surface area contributed by atoms with Crippen LogP contribution >= 0.6 is 0 Å². The second-order valence-electron chi connectivity index (χ2n) is 7.72. The Hall–Kier alpha value is -1.88. The second kappa shape index (κ2) is 7.79. The Morgan fingerprint density at radius 3 is 2.71 bits per heavy atom. The summed E-state index contributed by atoms with van der Waals surface area (Å²) in [6.45, 7) is 9.72. The van der Waals surface area contributed by atoms with E-state index in [4.69, 9.17) is 0 Å². The van der Waals surface area contributed by atoms with Gasteiger partial charge in [0.15, 0.2) is 0 Å². The first-order valence-corrected chi connectivity index (χ1v) is 8.64. The van der Waals surface area contributed by atoms with Crippen LogP contribution in [0.25, 0.3) is 0 Å². The average Bonchev–Trinajstić information content (AvgIpc) is 2.46. The molecule has 5 nitrogen and oxygen atoms in total. The van der Waals surface area contributed by atoms with Crippen molar-refractivity contribution in [3.05, 3.63) is 29.8 Å². The Morgan fingerprint density at radius 1 is 1.29 bits per heavy atom. The number of benzene rings is 1. The number of amides is 2. The lowest BCUT2D eigenvalue weighted by molar-refractivity contribution is -0.129. The van der Waals surface area contributed by atoms with Crippen molar-refractivity contribution in [3.8, 4) is 0 Å². The maximum atomic E-state index is 12.2. The van der Waals surface area contributed by atoms with Gasteiger partial charge in [0.25, 0.3) is 0 Å². The predicted molar refractivity (Wildman–Crippen MR) is 96.9 cm³/mol. The van der Waals surface area contributed by atoms with Crippen LogP contribution in [0.3, 0.4) is 0 Å². The van der Waals surface area contributed by atoms with E-state index < -0.39 is 0 Å². The maximum absolute atomic E-state index is 12.2. The molecule has 1 aliphatic rings. The molecule has 1 aliphatic heterocycles. The minimum atomic E-state index is -0.384. The molecular formula is C19H29N3O2. The first-order chi connectivity index (χ1) is 11.2. The molecule has 1 saturated heterocycles. The van der Waals surface area contributed by atoms with Crippen LogP contribution in [0.15, 0.2) is 24.3 Å². The fourth-order valence-electron chi connectivity index (χ4n) is 2.85. The van der Waals surface area contributed by atoms with E-state index in [1.54, 1.807) is 0 Å². The minimum Gasteiger partial charge on any atom is -0.352 e. The van der Waals surface area contributed by atoms with Gasteiger partial charge < -0.3 is 10.6 Å². The number of nitrogens with zero attached hydrogens (tertiary/aromatic N) is 1. The maximum Gasteiger partial charge on any atom is 0.238 e. The van der Waals surface area contributed by atoms with Crippen LogP contribution in [0.5, 0.6) is 0 Å². The molecule has 0 aliphatic carbocycles. The standard InChI is InChI=1S/C19H29N3O2/c1-14-7-5-8-15(11-14)20-17(23)13-22-10-6-9-16(12-22)21-18(24)19(2,3)4/h5,7-8,11,16H,6,9-10,12-13H2,1-4H3,(H,20,23)(H,21,24).